The minimum atomic E-state index is -1.19. The first-order valence-corrected chi connectivity index (χ1v) is 5.65. The Morgan fingerprint density at radius 3 is 2.79 bits per heavy atom. The van der Waals surface area contributed by atoms with E-state index in [0.29, 0.717) is 11.5 Å². The summed E-state index contributed by atoms with van der Waals surface area (Å²) >= 11 is 0. The minimum Gasteiger partial charge on any atom is -0.394 e. The molecular formula is C10H12N4O5. The molecule has 1 fully saturated rings. The Morgan fingerprint density at radius 2 is 2.16 bits per heavy atom. The van der Waals surface area contributed by atoms with E-state index in [1.807, 2.05) is 0 Å². The molecule has 0 bridgehead atoms. The highest BCUT2D eigenvalue weighted by atomic mass is 16.6. The Bertz CT molecular complexity index is 542. The zero-order valence-electron chi connectivity index (χ0n) is 9.70. The van der Waals surface area contributed by atoms with Crippen molar-refractivity contribution in [3.63, 3.8) is 0 Å². The molecule has 1 aliphatic heterocycles. The van der Waals surface area contributed by atoms with Crippen LogP contribution >= 0.6 is 0 Å². The molecule has 2 aromatic heterocycles. The van der Waals surface area contributed by atoms with Crippen LogP contribution in [0.3, 0.4) is 0 Å². The highest BCUT2D eigenvalue weighted by Crippen LogP contribution is 2.28. The summed E-state index contributed by atoms with van der Waals surface area (Å²) in [5.41, 5.74) is 0.450. The van der Waals surface area contributed by atoms with E-state index in [4.69, 9.17) is 9.84 Å². The van der Waals surface area contributed by atoms with Crippen molar-refractivity contribution in [2.45, 2.75) is 24.5 Å². The summed E-state index contributed by atoms with van der Waals surface area (Å²) in [6, 6.07) is 1.59. The van der Waals surface area contributed by atoms with E-state index in [1.165, 1.54) is 17.3 Å². The van der Waals surface area contributed by atoms with Gasteiger partial charge in [-0.1, -0.05) is 5.16 Å². The van der Waals surface area contributed by atoms with E-state index in [2.05, 4.69) is 19.8 Å². The van der Waals surface area contributed by atoms with Crippen LogP contribution in [-0.2, 0) is 4.74 Å². The van der Waals surface area contributed by atoms with Gasteiger partial charge in [0.2, 0.25) is 5.82 Å². The number of rotatable bonds is 3. The number of aliphatic hydroxyl groups excluding tert-OH is 3. The van der Waals surface area contributed by atoms with Crippen LogP contribution in [-0.4, -0.2) is 60.2 Å². The predicted octanol–water partition coefficient (Wildman–Crippen LogP) is -1.46. The Balaban J connectivity index is 1.84. The van der Waals surface area contributed by atoms with Crippen molar-refractivity contribution in [2.24, 2.45) is 0 Å². The van der Waals surface area contributed by atoms with E-state index < -0.39 is 24.5 Å². The third-order valence-electron chi connectivity index (χ3n) is 2.95. The van der Waals surface area contributed by atoms with Crippen molar-refractivity contribution >= 4 is 0 Å². The monoisotopic (exact) mass is 268 g/mol. The zero-order chi connectivity index (χ0) is 13.4. The molecule has 1 aliphatic rings. The maximum atomic E-state index is 9.84. The molecule has 3 N–H and O–H groups in total. The first-order valence-electron chi connectivity index (χ1n) is 5.65. The summed E-state index contributed by atoms with van der Waals surface area (Å²) in [4.78, 5) is 4.01. The van der Waals surface area contributed by atoms with Gasteiger partial charge in [0, 0.05) is 6.07 Å². The van der Waals surface area contributed by atoms with Gasteiger partial charge in [-0.05, 0) is 0 Å². The number of ether oxygens (including phenoxy) is 1. The van der Waals surface area contributed by atoms with Crippen molar-refractivity contribution in [3.8, 4) is 11.5 Å². The van der Waals surface area contributed by atoms with Crippen molar-refractivity contribution in [3.05, 3.63) is 18.7 Å². The molecule has 2 aromatic rings. The SMILES string of the molecule is OC[C@H]1O[C@@H](n2cnc(-c3ccon3)n2)C(O)C1O. The zero-order valence-corrected chi connectivity index (χ0v) is 9.70. The van der Waals surface area contributed by atoms with Crippen molar-refractivity contribution in [1.29, 1.82) is 0 Å². The van der Waals surface area contributed by atoms with Gasteiger partial charge in [-0.3, -0.25) is 0 Å². The molecule has 0 saturated carbocycles. The van der Waals surface area contributed by atoms with E-state index in [0.717, 1.165) is 0 Å². The summed E-state index contributed by atoms with van der Waals surface area (Å²) in [6.45, 7) is -0.389. The second-order valence-electron chi connectivity index (χ2n) is 4.16. The third kappa shape index (κ3) is 2.02. The second-order valence-corrected chi connectivity index (χ2v) is 4.16. The number of hydrogen-bond donors (Lipinski definition) is 3. The highest BCUT2D eigenvalue weighted by Gasteiger charge is 2.43. The first-order chi connectivity index (χ1) is 9.20. The maximum absolute atomic E-state index is 9.84. The van der Waals surface area contributed by atoms with Crippen molar-refractivity contribution in [2.75, 3.05) is 6.61 Å². The van der Waals surface area contributed by atoms with Crippen LogP contribution in [0, 0.1) is 0 Å². The lowest BCUT2D eigenvalue weighted by Gasteiger charge is -2.13. The predicted molar refractivity (Wildman–Crippen MR) is 58.5 cm³/mol. The Morgan fingerprint density at radius 1 is 1.32 bits per heavy atom. The number of aromatic nitrogens is 4. The number of aliphatic hydroxyl groups is 3. The molecule has 9 heteroatoms. The van der Waals surface area contributed by atoms with Gasteiger partial charge in [0.05, 0.1) is 6.61 Å². The lowest BCUT2D eigenvalue weighted by atomic mass is 10.1. The molecule has 3 rings (SSSR count). The van der Waals surface area contributed by atoms with E-state index in [9.17, 15) is 10.2 Å². The summed E-state index contributed by atoms with van der Waals surface area (Å²) in [7, 11) is 0. The fourth-order valence-corrected chi connectivity index (χ4v) is 1.94. The molecule has 4 atom stereocenters. The van der Waals surface area contributed by atoms with Crippen LogP contribution in [0.1, 0.15) is 6.23 Å². The molecule has 0 spiro atoms. The molecule has 2 unspecified atom stereocenters. The molecule has 0 radical (unpaired) electrons. The molecule has 3 heterocycles. The molecular weight excluding hydrogens is 256 g/mol. The smallest absolute Gasteiger partial charge is 0.203 e. The van der Waals surface area contributed by atoms with Gasteiger partial charge in [-0.25, -0.2) is 9.67 Å². The van der Waals surface area contributed by atoms with Crippen LogP contribution in [0.5, 0.6) is 0 Å². The van der Waals surface area contributed by atoms with Crippen LogP contribution in [0.2, 0.25) is 0 Å². The normalized spacial score (nSPS) is 30.9. The molecule has 19 heavy (non-hydrogen) atoms. The topological polar surface area (TPSA) is 127 Å². The standard InChI is InChI=1S/C10H12N4O5/c15-3-6-7(16)8(17)10(19-6)14-4-11-9(12-14)5-1-2-18-13-5/h1-2,4,6-8,10,15-17H,3H2/t6-,7?,8?,10-/m1/s1. The van der Waals surface area contributed by atoms with E-state index in [-0.39, 0.29) is 6.61 Å². The fourth-order valence-electron chi connectivity index (χ4n) is 1.94. The molecule has 0 amide bonds. The van der Waals surface area contributed by atoms with Crippen LogP contribution < -0.4 is 0 Å². The summed E-state index contributed by atoms with van der Waals surface area (Å²) in [6.07, 6.45) is -1.37. The van der Waals surface area contributed by atoms with Crippen LogP contribution in [0.25, 0.3) is 11.5 Å². The van der Waals surface area contributed by atoms with E-state index in [1.54, 1.807) is 6.07 Å². The maximum Gasteiger partial charge on any atom is 0.203 e. The third-order valence-corrected chi connectivity index (χ3v) is 2.95. The lowest BCUT2D eigenvalue weighted by Crippen LogP contribution is -2.33. The highest BCUT2D eigenvalue weighted by molar-refractivity contribution is 5.45. The number of hydrogen-bond acceptors (Lipinski definition) is 8. The lowest BCUT2D eigenvalue weighted by molar-refractivity contribution is -0.0587. The summed E-state index contributed by atoms with van der Waals surface area (Å²) in [5, 5.41) is 36.3. The van der Waals surface area contributed by atoms with Gasteiger partial charge >= 0.3 is 0 Å². The largest absolute Gasteiger partial charge is 0.394 e. The average Bonchev–Trinajstić information content (AvgIpc) is 3.12. The van der Waals surface area contributed by atoms with Gasteiger partial charge in [-0.15, -0.1) is 5.10 Å². The van der Waals surface area contributed by atoms with Gasteiger partial charge in [-0.2, -0.15) is 0 Å². The summed E-state index contributed by atoms with van der Waals surface area (Å²) in [5.74, 6) is 0.312. The fraction of sp³-hybridized carbons (Fsp3) is 0.500. The van der Waals surface area contributed by atoms with Gasteiger partial charge < -0.3 is 24.6 Å². The van der Waals surface area contributed by atoms with Gasteiger partial charge in [0.15, 0.2) is 11.9 Å². The van der Waals surface area contributed by atoms with Gasteiger partial charge in [0.25, 0.3) is 0 Å². The quantitative estimate of drug-likeness (QED) is 0.616. The molecule has 0 aliphatic carbocycles. The minimum absolute atomic E-state index is 0.312. The molecule has 1 saturated heterocycles. The first kappa shape index (κ1) is 12.2. The Hall–Kier alpha value is -1.81. The average molecular weight is 268 g/mol. The van der Waals surface area contributed by atoms with E-state index >= 15 is 0 Å². The number of nitrogens with zero attached hydrogens (tertiary/aromatic N) is 4. The summed E-state index contributed by atoms with van der Waals surface area (Å²) < 4.78 is 11.3. The van der Waals surface area contributed by atoms with Crippen molar-refractivity contribution in [1.82, 2.24) is 19.9 Å². The van der Waals surface area contributed by atoms with Crippen molar-refractivity contribution < 1.29 is 24.6 Å². The second kappa shape index (κ2) is 4.70. The Kier molecular flexibility index (Phi) is 3.03. The molecule has 9 nitrogen and oxygen atoms in total. The molecule has 0 aromatic carbocycles. The van der Waals surface area contributed by atoms with Crippen LogP contribution in [0.4, 0.5) is 0 Å². The molecule has 102 valence electrons. The Labute approximate surface area is 107 Å². The van der Waals surface area contributed by atoms with Crippen LogP contribution in [0.15, 0.2) is 23.2 Å². The van der Waals surface area contributed by atoms with Gasteiger partial charge in [0.1, 0.15) is 30.9 Å².